The van der Waals surface area contributed by atoms with Crippen molar-refractivity contribution in [3.8, 4) is 0 Å². The van der Waals surface area contributed by atoms with Crippen molar-refractivity contribution in [2.75, 3.05) is 56.6 Å². The van der Waals surface area contributed by atoms with Crippen LogP contribution >= 0.6 is 84.4 Å². The van der Waals surface area contributed by atoms with Crippen molar-refractivity contribution in [3.05, 3.63) is 21.4 Å². The highest BCUT2D eigenvalue weighted by Gasteiger charge is 2.56. The Labute approximate surface area is 454 Å². The second-order valence-corrected chi connectivity index (χ2v) is 22.6. The van der Waals surface area contributed by atoms with Gasteiger partial charge in [0.05, 0.1) is 11.2 Å². The molecule has 14 nitrogen and oxygen atoms in total. The molecular weight excluding hydrogens is 1280 g/mol. The Balaban J connectivity index is 0.000000199. The van der Waals surface area contributed by atoms with Crippen molar-refractivity contribution in [2.24, 2.45) is 61.4 Å². The molecule has 0 radical (unpaired) electrons. The largest absolute Gasteiger partial charge is 0.405 e. The molecule has 2 aromatic heterocycles. The van der Waals surface area contributed by atoms with Crippen molar-refractivity contribution in [1.29, 1.82) is 0 Å². The van der Waals surface area contributed by atoms with E-state index >= 15 is 0 Å². The third kappa shape index (κ3) is 12.1. The fourth-order valence-corrected chi connectivity index (χ4v) is 15.6. The summed E-state index contributed by atoms with van der Waals surface area (Å²) in [4.78, 5) is 44.2. The molecule has 10 aliphatic rings. The van der Waals surface area contributed by atoms with Crippen LogP contribution in [0.2, 0.25) is 10.0 Å². The van der Waals surface area contributed by atoms with Gasteiger partial charge in [0.1, 0.15) is 39.6 Å². The number of hydrogen-bond donors (Lipinski definition) is 4. The van der Waals surface area contributed by atoms with Gasteiger partial charge in [-0.1, -0.05) is 23.2 Å². The molecule has 2 aromatic rings. The van der Waals surface area contributed by atoms with Crippen LogP contribution in [0, 0.1) is 47.3 Å². The molecule has 2 aliphatic heterocycles. The first kappa shape index (κ1) is 55.8. The molecule has 12 rings (SSSR count). The van der Waals surface area contributed by atoms with E-state index in [0.29, 0.717) is 108 Å². The van der Waals surface area contributed by atoms with E-state index in [1.54, 1.807) is 16.4 Å². The molecule has 8 bridgehead atoms. The summed E-state index contributed by atoms with van der Waals surface area (Å²) in [6.07, 6.45) is 9.43. The van der Waals surface area contributed by atoms with Crippen molar-refractivity contribution in [3.63, 3.8) is 0 Å². The van der Waals surface area contributed by atoms with Gasteiger partial charge in [0, 0.05) is 103 Å². The van der Waals surface area contributed by atoms with Crippen LogP contribution in [0.4, 0.5) is 29.6 Å². The number of urea groups is 1. The molecule has 388 valence electrons. The number of nitrogens with zero attached hydrogens (tertiary/aromatic N) is 7. The quantitative estimate of drug-likeness (QED) is 0.126. The Bertz CT molecular complexity index is 2140. The van der Waals surface area contributed by atoms with Gasteiger partial charge in [-0.2, -0.15) is 23.4 Å². The minimum Gasteiger partial charge on any atom is -0.390 e. The van der Waals surface area contributed by atoms with Gasteiger partial charge in [-0.15, -0.1) is 24.0 Å². The zero-order chi connectivity index (χ0) is 49.0. The van der Waals surface area contributed by atoms with Gasteiger partial charge in [0.15, 0.2) is 11.6 Å². The first-order valence-corrected chi connectivity index (χ1v) is 31.6. The highest BCUT2D eigenvalue weighted by Crippen LogP contribution is 2.60. The Morgan fingerprint density at radius 1 is 0.725 bits per heavy atom. The molecule has 8 aliphatic carbocycles. The van der Waals surface area contributed by atoms with Crippen molar-refractivity contribution < 1.29 is 37.8 Å². The lowest BCUT2D eigenvalue weighted by Crippen LogP contribution is -2.54. The molecule has 4 heterocycles. The van der Waals surface area contributed by atoms with Crippen molar-refractivity contribution in [1.82, 2.24) is 35.1 Å². The Morgan fingerprint density at radius 2 is 1.10 bits per heavy atom. The first-order chi connectivity index (χ1) is 32.2. The lowest BCUT2D eigenvalue weighted by molar-refractivity contribution is -0.151. The lowest BCUT2D eigenvalue weighted by Gasteiger charge is -2.58. The molecule has 2 amide bonds. The summed E-state index contributed by atoms with van der Waals surface area (Å²) < 4.78 is 40.6. The van der Waals surface area contributed by atoms with Gasteiger partial charge >= 0.3 is 12.2 Å². The summed E-state index contributed by atoms with van der Waals surface area (Å²) in [5.41, 5.74) is -0.299. The van der Waals surface area contributed by atoms with Crippen molar-refractivity contribution in [2.45, 2.75) is 132 Å². The highest BCUT2D eigenvalue weighted by molar-refractivity contribution is 15.0. The normalized spacial score (nSPS) is 32.4. The number of hydrogen-bond acceptors (Lipinski definition) is 10. The smallest absolute Gasteiger partial charge is 0.390 e. The number of carbonyl (C=O) groups excluding carboxylic acids is 3. The zero-order valence-corrected chi connectivity index (χ0v) is 48.1. The third-order valence-electron chi connectivity index (χ3n) is 17.4. The fraction of sp³-hybridized carbons (Fsp3) is 0.809. The molecule has 22 heteroatoms. The average Bonchev–Trinajstić information content (AvgIpc) is 3.76. The number of anilines is 2. The molecule has 2 saturated heterocycles. The monoisotopic (exact) mass is 1350 g/mol. The number of amides is 2. The van der Waals surface area contributed by atoms with Crippen LogP contribution in [0.1, 0.15) is 124 Å². The van der Waals surface area contributed by atoms with E-state index in [1.165, 1.54) is 17.7 Å². The second-order valence-electron chi connectivity index (χ2n) is 21.9. The lowest BCUT2D eigenvalue weighted by atomic mass is 9.49. The predicted molar refractivity (Wildman–Crippen MR) is 289 cm³/mol. The van der Waals surface area contributed by atoms with E-state index in [0.717, 1.165) is 83.1 Å². The number of nitrogens with one attached hydrogen (secondary N) is 2. The van der Waals surface area contributed by atoms with E-state index in [1.807, 2.05) is 24.3 Å². The van der Waals surface area contributed by atoms with E-state index in [-0.39, 0.29) is 53.2 Å². The van der Waals surface area contributed by atoms with Gasteiger partial charge in [-0.3, -0.25) is 19.0 Å². The molecule has 4 atom stereocenters. The average molecular weight is 1350 g/mol. The van der Waals surface area contributed by atoms with Crippen LogP contribution in [0.5, 0.6) is 0 Å². The number of Topliss-reactive ketones (excluding diaryl/α,β-unsaturated/α-hetero) is 2. The maximum absolute atomic E-state index is 13.4. The Hall–Kier alpha value is -0.930. The molecule has 4 unspecified atom stereocenters. The van der Waals surface area contributed by atoms with Crippen LogP contribution < -0.4 is 20.4 Å². The van der Waals surface area contributed by atoms with Gasteiger partial charge in [0.2, 0.25) is 0 Å². The minimum atomic E-state index is -4.45. The number of halogens is 8. The van der Waals surface area contributed by atoms with Crippen LogP contribution in [0.3, 0.4) is 0 Å². The number of aryl methyl sites for hydroxylation is 2. The maximum atomic E-state index is 13.4. The molecular formula is C47H69Cl2F3I3N9O5. The molecule has 4 N–H and O–H groups in total. The number of alkyl halides is 3. The highest BCUT2D eigenvalue weighted by atomic mass is 128. The number of ketones is 2. The molecule has 8 saturated carbocycles. The summed E-state index contributed by atoms with van der Waals surface area (Å²) in [6.45, 7) is 1.30. The Morgan fingerprint density at radius 3 is 1.46 bits per heavy atom. The van der Waals surface area contributed by atoms with Crippen LogP contribution in [-0.4, -0.2) is 129 Å². The summed E-state index contributed by atoms with van der Waals surface area (Å²) >= 11 is 17.7. The Kier molecular flexibility index (Phi) is 18.2. The summed E-state index contributed by atoms with van der Waals surface area (Å²) in [5.74, 6) is 5.06. The number of rotatable bonds is 11. The SMILES string of the molecule is CN(c1c(Cl)c(C(=O)CC2C3CC4CC2CC(O)(C4)C3)nn1C)C1CCN(C(=O)NCC(F)(F)F)CC1.CN(c1c(Cl)c(C(=O)CC2C3CC4CC2CC(O)(C4)C3)nn1C)C1CCNCC1.I.II. The van der Waals surface area contributed by atoms with Gasteiger partial charge in [-0.25, -0.2) is 4.79 Å². The van der Waals surface area contributed by atoms with Gasteiger partial charge in [-0.05, 0) is 150 Å². The van der Waals surface area contributed by atoms with Gasteiger partial charge < -0.3 is 35.5 Å². The topological polar surface area (TPSA) is 161 Å². The van der Waals surface area contributed by atoms with Crippen molar-refractivity contribution >= 4 is 114 Å². The number of aliphatic hydroxyl groups is 2. The number of carbonyl (C=O) groups is 3. The number of aromatic nitrogens is 4. The van der Waals surface area contributed by atoms with Gasteiger partial charge in [0.25, 0.3) is 0 Å². The van der Waals surface area contributed by atoms with E-state index in [4.69, 9.17) is 23.2 Å². The first-order valence-electron chi connectivity index (χ1n) is 24.5. The van der Waals surface area contributed by atoms with Crippen LogP contribution in [0.15, 0.2) is 0 Å². The summed E-state index contributed by atoms with van der Waals surface area (Å²) in [6, 6.07) is -0.313. The number of likely N-dealkylation sites (tertiary alicyclic amines) is 1. The van der Waals surface area contributed by atoms with E-state index in [9.17, 15) is 37.8 Å². The number of piperidine rings is 2. The molecule has 10 fully saturated rings. The van der Waals surface area contributed by atoms with E-state index < -0.39 is 30.0 Å². The fourth-order valence-electron chi connectivity index (χ4n) is 14.8. The molecule has 69 heavy (non-hydrogen) atoms. The summed E-state index contributed by atoms with van der Waals surface area (Å²) in [5, 5.41) is 36.8. The standard InChI is InChI=1S/C25H35ClF3N5O3.C22H33ClN4O2.I2.HI/c1-32(17-3-5-34(6-4-17)23(36)30-13-25(27,28)29)22-20(26)21(31-33(22)2)19(35)9-18-15-7-14-8-16(18)12-24(37,10-14)11-15;1-26(16-3-5-24-6-4-16)21-19(23)20(25-27(21)2)18(28)9-17-14-7-13-8-15(17)12-22(29,10-13)11-14;1-2;/h14-18,37H,3-13H2,1-2H3,(H,30,36);13-17,24,29H,3-12H2,1-2H3;;1H. The summed E-state index contributed by atoms with van der Waals surface area (Å²) in [7, 11) is 7.55. The second kappa shape index (κ2) is 22.5. The predicted octanol–water partition coefficient (Wildman–Crippen LogP) is 9.42. The van der Waals surface area contributed by atoms with E-state index in [2.05, 4.69) is 64.7 Å². The molecule has 0 aromatic carbocycles. The molecule has 0 spiro atoms. The zero-order valence-electron chi connectivity index (χ0n) is 39.9. The third-order valence-corrected chi connectivity index (χ3v) is 18.1. The minimum absolute atomic E-state index is 0. The van der Waals surface area contributed by atoms with Crippen LogP contribution in [-0.2, 0) is 14.1 Å². The van der Waals surface area contributed by atoms with Crippen LogP contribution in [0.25, 0.3) is 0 Å². The maximum Gasteiger partial charge on any atom is 0.405 e.